The summed E-state index contributed by atoms with van der Waals surface area (Å²) in [6.45, 7) is 3.77. The largest absolute Gasteiger partial charge is 0.394 e. The Balaban J connectivity index is 2.02. The van der Waals surface area contributed by atoms with Gasteiger partial charge in [-0.1, -0.05) is 276 Å². The van der Waals surface area contributed by atoms with Crippen LogP contribution in [0.5, 0.6) is 0 Å². The van der Waals surface area contributed by atoms with E-state index in [1.807, 2.05) is 6.08 Å². The van der Waals surface area contributed by atoms with Crippen molar-refractivity contribution >= 4 is 5.91 Å². The number of carbonyl (C=O) groups excluding carboxylic acids is 1. The molecule has 0 aromatic carbocycles. The smallest absolute Gasteiger partial charge is 0.220 e. The quantitative estimate of drug-likeness (QED) is 0.0261. The minimum atomic E-state index is -1.56. The summed E-state index contributed by atoms with van der Waals surface area (Å²) in [5.74, 6) is -0.173. The highest BCUT2D eigenvalue weighted by atomic mass is 16.7. The van der Waals surface area contributed by atoms with Crippen molar-refractivity contribution in [2.24, 2.45) is 0 Å². The monoisotopic (exact) mass is 938 g/mol. The SMILES string of the molecule is CCCCCCCCC/C=C/[C@@H](O)[C@H](CO[C@@H]1O[C@H](CO)[C@@H](O)C(O)C1O)NC(=O)CCCCCCCCCCCCCCCCCCCCCCCCCCCCCCCCCCCC. The number of nitrogens with one attached hydrogen (secondary N) is 1. The van der Waals surface area contributed by atoms with Gasteiger partial charge in [0.05, 0.1) is 25.4 Å². The van der Waals surface area contributed by atoms with E-state index in [4.69, 9.17) is 9.47 Å². The molecule has 1 aliphatic rings. The third-order valence-corrected chi connectivity index (χ3v) is 14.1. The summed E-state index contributed by atoms with van der Waals surface area (Å²) in [4.78, 5) is 13.0. The van der Waals surface area contributed by atoms with E-state index in [0.717, 1.165) is 38.5 Å². The number of hydrogen-bond donors (Lipinski definition) is 6. The molecule has 6 N–H and O–H groups in total. The van der Waals surface area contributed by atoms with Crippen LogP contribution in [0.1, 0.15) is 290 Å². The molecule has 9 heteroatoms. The molecule has 0 aromatic rings. The summed E-state index contributed by atoms with van der Waals surface area (Å²) in [5, 5.41) is 54.2. The van der Waals surface area contributed by atoms with E-state index in [1.165, 1.54) is 231 Å². The maximum absolute atomic E-state index is 13.0. The zero-order valence-corrected chi connectivity index (χ0v) is 43.5. The van der Waals surface area contributed by atoms with E-state index >= 15 is 0 Å². The highest BCUT2D eigenvalue weighted by Gasteiger charge is 2.44. The lowest BCUT2D eigenvalue weighted by Crippen LogP contribution is -2.60. The number of aliphatic hydroxyl groups is 5. The number of carbonyl (C=O) groups is 1. The predicted molar refractivity (Wildman–Crippen MR) is 277 cm³/mol. The Morgan fingerprint density at radius 3 is 1.18 bits per heavy atom. The number of aliphatic hydroxyl groups excluding tert-OH is 5. The molecule has 2 unspecified atom stereocenters. The van der Waals surface area contributed by atoms with E-state index in [9.17, 15) is 30.3 Å². The molecule has 1 rings (SSSR count). The highest BCUT2D eigenvalue weighted by Crippen LogP contribution is 2.23. The fourth-order valence-corrected chi connectivity index (χ4v) is 9.51. The first kappa shape index (κ1) is 62.9. The second-order valence-corrected chi connectivity index (χ2v) is 20.5. The maximum atomic E-state index is 13.0. The Bertz CT molecular complexity index is 1040. The van der Waals surface area contributed by atoms with E-state index < -0.39 is 49.5 Å². The molecule has 1 saturated heterocycles. The van der Waals surface area contributed by atoms with Crippen LogP contribution in [0.25, 0.3) is 0 Å². The van der Waals surface area contributed by atoms with Crippen molar-refractivity contribution in [3.63, 3.8) is 0 Å². The molecule has 0 spiro atoms. The molecule has 1 fully saturated rings. The fraction of sp³-hybridized carbons (Fsp3) is 0.947. The molecule has 66 heavy (non-hydrogen) atoms. The van der Waals surface area contributed by atoms with E-state index in [1.54, 1.807) is 6.08 Å². The summed E-state index contributed by atoms with van der Waals surface area (Å²) < 4.78 is 11.2. The lowest BCUT2D eigenvalue weighted by atomic mass is 9.99. The van der Waals surface area contributed by atoms with Gasteiger partial charge in [0.2, 0.25) is 5.91 Å². The Morgan fingerprint density at radius 2 is 0.833 bits per heavy atom. The van der Waals surface area contributed by atoms with Gasteiger partial charge < -0.3 is 40.3 Å². The number of unbranched alkanes of at least 4 members (excludes halogenated alkanes) is 40. The molecule has 9 nitrogen and oxygen atoms in total. The lowest BCUT2D eigenvalue weighted by molar-refractivity contribution is -0.302. The molecule has 0 aromatic heterocycles. The normalized spacial score (nSPS) is 19.8. The summed E-state index contributed by atoms with van der Waals surface area (Å²) in [5.41, 5.74) is 0. The third kappa shape index (κ3) is 36.9. The predicted octanol–water partition coefficient (Wildman–Crippen LogP) is 14.0. The van der Waals surface area contributed by atoms with Crippen LogP contribution in [-0.2, 0) is 14.3 Å². The van der Waals surface area contributed by atoms with Crippen LogP contribution in [-0.4, -0.2) is 87.5 Å². The van der Waals surface area contributed by atoms with Crippen LogP contribution in [0, 0.1) is 0 Å². The second kappa shape index (κ2) is 47.6. The van der Waals surface area contributed by atoms with Crippen LogP contribution >= 0.6 is 0 Å². The van der Waals surface area contributed by atoms with Crippen LogP contribution in [0.3, 0.4) is 0 Å². The van der Waals surface area contributed by atoms with Gasteiger partial charge in [-0.05, 0) is 19.3 Å². The van der Waals surface area contributed by atoms with Crippen LogP contribution in [0.4, 0.5) is 0 Å². The summed E-state index contributed by atoms with van der Waals surface area (Å²) in [6.07, 6.45) is 51.8. The first-order chi connectivity index (χ1) is 32.3. The molecule has 0 radical (unpaired) electrons. The molecular weight excluding hydrogens is 827 g/mol. The zero-order chi connectivity index (χ0) is 48.0. The second-order valence-electron chi connectivity index (χ2n) is 20.5. The molecule has 1 amide bonds. The summed E-state index contributed by atoms with van der Waals surface area (Å²) in [6, 6.07) is -0.798. The van der Waals surface area contributed by atoms with Crippen LogP contribution in [0.2, 0.25) is 0 Å². The van der Waals surface area contributed by atoms with Gasteiger partial charge in [-0.2, -0.15) is 0 Å². The van der Waals surface area contributed by atoms with E-state index in [-0.39, 0.29) is 12.5 Å². The number of hydrogen-bond acceptors (Lipinski definition) is 8. The molecule has 0 bridgehead atoms. The molecular formula is C57H111NO8. The molecule has 7 atom stereocenters. The third-order valence-electron chi connectivity index (χ3n) is 14.1. The van der Waals surface area contributed by atoms with Gasteiger partial charge in [-0.3, -0.25) is 4.79 Å². The Hall–Kier alpha value is -1.07. The minimum Gasteiger partial charge on any atom is -0.394 e. The Labute approximate surface area is 407 Å². The van der Waals surface area contributed by atoms with E-state index in [0.29, 0.717) is 6.42 Å². The van der Waals surface area contributed by atoms with Gasteiger partial charge in [0.1, 0.15) is 24.4 Å². The van der Waals surface area contributed by atoms with Crippen LogP contribution in [0.15, 0.2) is 12.2 Å². The molecule has 0 aliphatic carbocycles. The summed E-state index contributed by atoms with van der Waals surface area (Å²) in [7, 11) is 0. The van der Waals surface area contributed by atoms with Crippen molar-refractivity contribution < 1.29 is 39.8 Å². The van der Waals surface area contributed by atoms with Crippen molar-refractivity contribution in [3.8, 4) is 0 Å². The average Bonchev–Trinajstić information content (AvgIpc) is 3.32. The van der Waals surface area contributed by atoms with Gasteiger partial charge in [-0.25, -0.2) is 0 Å². The highest BCUT2D eigenvalue weighted by molar-refractivity contribution is 5.76. The minimum absolute atomic E-state index is 0.173. The standard InChI is InChI=1S/C57H111NO8/c1-3-5-7-9-11-13-14-15-16-17-18-19-20-21-22-23-24-25-26-27-28-29-30-31-32-33-34-35-36-37-39-41-43-45-47-53(61)58-50(51(60)46-44-42-40-38-12-10-8-6-4-2)49-65-57-56(64)55(63)54(62)52(48-59)66-57/h44,46,50-52,54-57,59-60,62-64H,3-43,45,47-49H2,1-2H3,(H,58,61)/b46-44+/t50-,51+,52+,54+,55?,56?,57+/m0/s1. The van der Waals surface area contributed by atoms with E-state index in [2.05, 4.69) is 19.2 Å². The van der Waals surface area contributed by atoms with Crippen LogP contribution < -0.4 is 5.32 Å². The number of allylic oxidation sites excluding steroid dienone is 1. The summed E-state index contributed by atoms with van der Waals surface area (Å²) >= 11 is 0. The van der Waals surface area contributed by atoms with Gasteiger partial charge in [0.15, 0.2) is 6.29 Å². The first-order valence-corrected chi connectivity index (χ1v) is 28.9. The number of ether oxygens (including phenoxy) is 2. The molecule has 0 saturated carbocycles. The Morgan fingerprint density at radius 1 is 0.500 bits per heavy atom. The fourth-order valence-electron chi connectivity index (χ4n) is 9.51. The Kier molecular flexibility index (Phi) is 45.4. The lowest BCUT2D eigenvalue weighted by Gasteiger charge is -2.40. The first-order valence-electron chi connectivity index (χ1n) is 28.9. The van der Waals surface area contributed by atoms with Gasteiger partial charge in [-0.15, -0.1) is 0 Å². The average molecular weight is 939 g/mol. The van der Waals surface area contributed by atoms with Crippen molar-refractivity contribution in [1.29, 1.82) is 0 Å². The van der Waals surface area contributed by atoms with Gasteiger partial charge in [0.25, 0.3) is 0 Å². The van der Waals surface area contributed by atoms with Crippen molar-refractivity contribution in [2.45, 2.75) is 333 Å². The van der Waals surface area contributed by atoms with Crippen molar-refractivity contribution in [3.05, 3.63) is 12.2 Å². The van der Waals surface area contributed by atoms with Gasteiger partial charge >= 0.3 is 0 Å². The van der Waals surface area contributed by atoms with Crippen molar-refractivity contribution in [2.75, 3.05) is 13.2 Å². The number of amides is 1. The van der Waals surface area contributed by atoms with Crippen molar-refractivity contribution in [1.82, 2.24) is 5.32 Å². The topological polar surface area (TPSA) is 149 Å². The molecule has 392 valence electrons. The van der Waals surface area contributed by atoms with Gasteiger partial charge in [0, 0.05) is 6.42 Å². The number of rotatable bonds is 50. The molecule has 1 heterocycles. The molecule has 1 aliphatic heterocycles. The zero-order valence-electron chi connectivity index (χ0n) is 43.5. The maximum Gasteiger partial charge on any atom is 0.220 e.